The smallest absolute Gasteiger partial charge is 0.219 e. The molecule has 0 spiro atoms. The highest BCUT2D eigenvalue weighted by atomic mass is 35.5. The lowest BCUT2D eigenvalue weighted by Crippen LogP contribution is -3.00. The minimum atomic E-state index is 0. The first-order valence-electron chi connectivity index (χ1n) is 3.64. The highest BCUT2D eigenvalue weighted by molar-refractivity contribution is 5.73. The topological polar surface area (TPSA) is 23.6 Å². The van der Waals surface area contributed by atoms with Crippen LogP contribution in [0, 0.1) is 0 Å². The van der Waals surface area contributed by atoms with Gasteiger partial charge in [-0.15, -0.1) is 0 Å². The van der Waals surface area contributed by atoms with Crippen molar-refractivity contribution in [3.63, 3.8) is 0 Å². The number of hydrogen-bond acceptors (Lipinski definition) is 2. The molecule has 1 heterocycles. The van der Waals surface area contributed by atoms with Gasteiger partial charge in [0.25, 0.3) is 0 Å². The molecule has 4 heteroatoms. The van der Waals surface area contributed by atoms with Gasteiger partial charge < -0.3 is 22.2 Å². The van der Waals surface area contributed by atoms with E-state index >= 15 is 0 Å². The van der Waals surface area contributed by atoms with Crippen molar-refractivity contribution in [1.29, 1.82) is 0 Å². The number of piperazine rings is 1. The third-order valence-electron chi connectivity index (χ3n) is 1.95. The van der Waals surface area contributed by atoms with E-state index in [0.717, 1.165) is 26.2 Å². The van der Waals surface area contributed by atoms with Gasteiger partial charge in [-0.3, -0.25) is 4.79 Å². The molecule has 1 rings (SSSR count). The van der Waals surface area contributed by atoms with E-state index in [1.807, 2.05) is 4.90 Å². The molecule has 0 bridgehead atoms. The number of carbonyl (C=O) groups excluding carboxylic acids is 1. The molecule has 0 aromatic carbocycles. The molecule has 1 saturated heterocycles. The molecule has 0 aromatic rings. The maximum absolute atomic E-state index is 10.8. The highest BCUT2D eigenvalue weighted by Gasteiger charge is 2.14. The van der Waals surface area contributed by atoms with E-state index in [9.17, 15) is 4.79 Å². The van der Waals surface area contributed by atoms with Gasteiger partial charge in [0.1, 0.15) is 0 Å². The van der Waals surface area contributed by atoms with Gasteiger partial charge in [0.15, 0.2) is 0 Å². The zero-order chi connectivity index (χ0) is 7.56. The average molecular weight is 178 g/mol. The van der Waals surface area contributed by atoms with Gasteiger partial charge in [0.2, 0.25) is 5.91 Å². The van der Waals surface area contributed by atoms with Gasteiger partial charge >= 0.3 is 0 Å². The lowest BCUT2D eigenvalue weighted by atomic mass is 10.3. The lowest BCUT2D eigenvalue weighted by Gasteiger charge is -2.31. The van der Waals surface area contributed by atoms with E-state index in [-0.39, 0.29) is 18.3 Å². The van der Waals surface area contributed by atoms with Gasteiger partial charge in [-0.2, -0.15) is 0 Å². The monoisotopic (exact) mass is 177 g/mol. The number of hydrogen-bond donors (Lipinski definition) is 0. The zero-order valence-corrected chi connectivity index (χ0v) is 7.76. The molecule has 1 amide bonds. The van der Waals surface area contributed by atoms with Crippen molar-refractivity contribution in [3.8, 4) is 0 Å². The van der Waals surface area contributed by atoms with Crippen LogP contribution >= 0.6 is 0 Å². The standard InChI is InChI=1S/C7H14N2O.ClH/c1-7(10)9-5-3-8(2)4-6-9;/h3-6H2,1-2H3;1H/p-1. The molecule has 1 aliphatic heterocycles. The molecule has 1 aliphatic rings. The number of halogens is 1. The van der Waals surface area contributed by atoms with Gasteiger partial charge in [-0.05, 0) is 7.05 Å². The minimum absolute atomic E-state index is 0. The first-order valence-corrected chi connectivity index (χ1v) is 3.64. The van der Waals surface area contributed by atoms with Crippen LogP contribution in [-0.4, -0.2) is 48.9 Å². The highest BCUT2D eigenvalue weighted by Crippen LogP contribution is 1.98. The van der Waals surface area contributed by atoms with Crippen LogP contribution in [0.1, 0.15) is 6.92 Å². The number of amides is 1. The summed E-state index contributed by atoms with van der Waals surface area (Å²) in [4.78, 5) is 14.9. The predicted molar refractivity (Wildman–Crippen MR) is 39.8 cm³/mol. The SMILES string of the molecule is CC(=O)N1CCN(C)CC1.[Cl-]. The summed E-state index contributed by atoms with van der Waals surface area (Å²) in [6.07, 6.45) is 0. The summed E-state index contributed by atoms with van der Waals surface area (Å²) in [5.74, 6) is 0.202. The normalized spacial score (nSPS) is 19.3. The summed E-state index contributed by atoms with van der Waals surface area (Å²) >= 11 is 0. The van der Waals surface area contributed by atoms with E-state index in [4.69, 9.17) is 0 Å². The van der Waals surface area contributed by atoms with Crippen LogP contribution in [0.3, 0.4) is 0 Å². The third kappa shape index (κ3) is 3.08. The fourth-order valence-electron chi connectivity index (χ4n) is 1.12. The summed E-state index contributed by atoms with van der Waals surface area (Å²) in [6.45, 7) is 5.45. The van der Waals surface area contributed by atoms with Gasteiger partial charge in [-0.1, -0.05) is 0 Å². The molecular weight excluding hydrogens is 164 g/mol. The second-order valence-electron chi connectivity index (χ2n) is 2.81. The molecule has 11 heavy (non-hydrogen) atoms. The maximum Gasteiger partial charge on any atom is 0.219 e. The number of carbonyl (C=O) groups is 1. The van der Waals surface area contributed by atoms with Crippen molar-refractivity contribution in [2.45, 2.75) is 6.92 Å². The molecule has 0 aliphatic carbocycles. The van der Waals surface area contributed by atoms with Crippen LogP contribution in [0.25, 0.3) is 0 Å². The van der Waals surface area contributed by atoms with E-state index in [1.165, 1.54) is 0 Å². The van der Waals surface area contributed by atoms with E-state index in [0.29, 0.717) is 0 Å². The Morgan fingerprint density at radius 1 is 1.18 bits per heavy atom. The van der Waals surface area contributed by atoms with Gasteiger partial charge in [0, 0.05) is 33.1 Å². The third-order valence-corrected chi connectivity index (χ3v) is 1.95. The Morgan fingerprint density at radius 3 is 2.00 bits per heavy atom. The van der Waals surface area contributed by atoms with Crippen LogP contribution < -0.4 is 12.4 Å². The minimum Gasteiger partial charge on any atom is -1.00 e. The zero-order valence-electron chi connectivity index (χ0n) is 7.01. The summed E-state index contributed by atoms with van der Waals surface area (Å²) in [6, 6.07) is 0. The molecule has 0 aromatic heterocycles. The molecule has 0 N–H and O–H groups in total. The molecule has 66 valence electrons. The maximum atomic E-state index is 10.8. The molecule has 0 unspecified atom stereocenters. The lowest BCUT2D eigenvalue weighted by molar-refractivity contribution is -0.130. The van der Waals surface area contributed by atoms with E-state index in [2.05, 4.69) is 11.9 Å². The fourth-order valence-corrected chi connectivity index (χ4v) is 1.12. The Labute approximate surface area is 73.8 Å². The molecule has 1 fully saturated rings. The predicted octanol–water partition coefficient (Wildman–Crippen LogP) is -3.22. The van der Waals surface area contributed by atoms with E-state index < -0.39 is 0 Å². The summed E-state index contributed by atoms with van der Waals surface area (Å²) in [5.41, 5.74) is 0. The Balaban J connectivity index is 0.000001000. The van der Waals surface area contributed by atoms with Gasteiger partial charge in [0.05, 0.1) is 0 Å². The number of rotatable bonds is 0. The van der Waals surface area contributed by atoms with Crippen molar-refractivity contribution in [2.24, 2.45) is 0 Å². The van der Waals surface area contributed by atoms with Crippen molar-refractivity contribution in [1.82, 2.24) is 9.80 Å². The molecule has 0 radical (unpaired) electrons. The van der Waals surface area contributed by atoms with Crippen LogP contribution in [0.5, 0.6) is 0 Å². The van der Waals surface area contributed by atoms with E-state index in [1.54, 1.807) is 6.92 Å². The molecule has 0 atom stereocenters. The summed E-state index contributed by atoms with van der Waals surface area (Å²) < 4.78 is 0. The Kier molecular flexibility index (Phi) is 4.45. The molecular formula is C7H14ClN2O-. The molecule has 3 nitrogen and oxygen atoms in total. The largest absolute Gasteiger partial charge is 1.00 e. The Morgan fingerprint density at radius 2 is 1.64 bits per heavy atom. The van der Waals surface area contributed by atoms with Gasteiger partial charge in [-0.25, -0.2) is 0 Å². The van der Waals surface area contributed by atoms with Crippen molar-refractivity contribution in [2.75, 3.05) is 33.2 Å². The van der Waals surface area contributed by atoms with Crippen molar-refractivity contribution in [3.05, 3.63) is 0 Å². The summed E-state index contributed by atoms with van der Waals surface area (Å²) in [5, 5.41) is 0. The Hall–Kier alpha value is -0.280. The Bertz CT molecular complexity index is 132. The fraction of sp³-hybridized carbons (Fsp3) is 0.857. The van der Waals surface area contributed by atoms with Crippen molar-refractivity contribution < 1.29 is 17.2 Å². The number of likely N-dealkylation sites (N-methyl/N-ethyl adjacent to an activating group) is 1. The summed E-state index contributed by atoms with van der Waals surface area (Å²) in [7, 11) is 2.08. The van der Waals surface area contributed by atoms with Crippen LogP contribution in [0.2, 0.25) is 0 Å². The second-order valence-corrected chi connectivity index (χ2v) is 2.81. The first-order chi connectivity index (χ1) is 4.70. The quantitative estimate of drug-likeness (QED) is 0.389. The van der Waals surface area contributed by atoms with Crippen molar-refractivity contribution >= 4 is 5.91 Å². The average Bonchev–Trinajstić information content (AvgIpc) is 1.88. The molecule has 0 saturated carbocycles. The second kappa shape index (κ2) is 4.57. The first kappa shape index (κ1) is 10.7. The number of nitrogens with zero attached hydrogens (tertiary/aromatic N) is 2. The van der Waals surface area contributed by atoms with Crippen LogP contribution in [0.4, 0.5) is 0 Å². The van der Waals surface area contributed by atoms with Crippen LogP contribution in [-0.2, 0) is 4.79 Å². The van der Waals surface area contributed by atoms with Crippen LogP contribution in [0.15, 0.2) is 0 Å².